The summed E-state index contributed by atoms with van der Waals surface area (Å²) in [6.07, 6.45) is 2.81. The van der Waals surface area contributed by atoms with Gasteiger partial charge in [-0.1, -0.05) is 36.4 Å². The Balaban J connectivity index is 1.95. The molecular formula is C24H22O4. The van der Waals surface area contributed by atoms with Crippen molar-refractivity contribution in [2.45, 2.75) is 20.3 Å². The SMILES string of the molecule is COc1cc(C)c2cc(C(=O)Cc3ccccc3/C=C/C(=O)O)ccc2c1C. The average Bonchev–Trinajstić information content (AvgIpc) is 2.69. The number of benzene rings is 3. The molecular weight excluding hydrogens is 352 g/mol. The third-order valence-corrected chi connectivity index (χ3v) is 4.92. The summed E-state index contributed by atoms with van der Waals surface area (Å²) in [6.45, 7) is 4.01. The summed E-state index contributed by atoms with van der Waals surface area (Å²) in [5, 5.41) is 10.9. The highest BCUT2D eigenvalue weighted by Crippen LogP contribution is 2.31. The summed E-state index contributed by atoms with van der Waals surface area (Å²) in [4.78, 5) is 23.7. The van der Waals surface area contributed by atoms with Crippen molar-refractivity contribution < 1.29 is 19.4 Å². The number of fused-ring (bicyclic) bond motifs is 1. The number of ketones is 1. The summed E-state index contributed by atoms with van der Waals surface area (Å²) in [5.41, 5.74) is 4.27. The van der Waals surface area contributed by atoms with Gasteiger partial charge in [0.2, 0.25) is 0 Å². The van der Waals surface area contributed by atoms with Gasteiger partial charge >= 0.3 is 5.97 Å². The maximum atomic E-state index is 12.9. The van der Waals surface area contributed by atoms with E-state index < -0.39 is 5.97 Å². The van der Waals surface area contributed by atoms with Crippen LogP contribution < -0.4 is 4.74 Å². The molecule has 3 aromatic carbocycles. The minimum atomic E-state index is -1.02. The second kappa shape index (κ2) is 8.09. The quantitative estimate of drug-likeness (QED) is 0.488. The van der Waals surface area contributed by atoms with Crippen molar-refractivity contribution in [3.8, 4) is 5.75 Å². The smallest absolute Gasteiger partial charge is 0.328 e. The predicted molar refractivity (Wildman–Crippen MR) is 111 cm³/mol. The summed E-state index contributed by atoms with van der Waals surface area (Å²) < 4.78 is 5.43. The number of carbonyl (C=O) groups excluding carboxylic acids is 1. The lowest BCUT2D eigenvalue weighted by Gasteiger charge is -2.12. The molecule has 0 aliphatic carbocycles. The zero-order valence-corrected chi connectivity index (χ0v) is 16.2. The lowest BCUT2D eigenvalue weighted by molar-refractivity contribution is -0.131. The Hall–Kier alpha value is -3.40. The van der Waals surface area contributed by atoms with Crippen LogP contribution >= 0.6 is 0 Å². The van der Waals surface area contributed by atoms with Gasteiger partial charge in [0.15, 0.2) is 5.78 Å². The van der Waals surface area contributed by atoms with E-state index in [0.717, 1.165) is 44.9 Å². The van der Waals surface area contributed by atoms with E-state index in [1.807, 2.05) is 62.4 Å². The van der Waals surface area contributed by atoms with Crippen molar-refractivity contribution in [1.29, 1.82) is 0 Å². The number of ether oxygens (including phenoxy) is 1. The average molecular weight is 374 g/mol. The van der Waals surface area contributed by atoms with Crippen LogP contribution in [0.4, 0.5) is 0 Å². The van der Waals surface area contributed by atoms with E-state index in [-0.39, 0.29) is 12.2 Å². The molecule has 3 rings (SSSR count). The number of Topliss-reactive ketones (excluding diaryl/α,β-unsaturated/α-hetero) is 1. The molecule has 142 valence electrons. The van der Waals surface area contributed by atoms with E-state index in [2.05, 4.69) is 0 Å². The number of rotatable bonds is 6. The topological polar surface area (TPSA) is 63.6 Å². The van der Waals surface area contributed by atoms with Crippen molar-refractivity contribution in [2.75, 3.05) is 7.11 Å². The number of carbonyl (C=O) groups is 2. The number of aliphatic carboxylic acids is 1. The fraction of sp³-hybridized carbons (Fsp3) is 0.167. The Morgan fingerprint density at radius 1 is 1.04 bits per heavy atom. The zero-order valence-electron chi connectivity index (χ0n) is 16.2. The van der Waals surface area contributed by atoms with Gasteiger partial charge in [0.25, 0.3) is 0 Å². The second-order valence-electron chi connectivity index (χ2n) is 6.75. The van der Waals surface area contributed by atoms with Crippen LogP contribution in [0.3, 0.4) is 0 Å². The number of carboxylic acids is 1. The number of carboxylic acid groups (broad SMARTS) is 1. The Morgan fingerprint density at radius 3 is 2.50 bits per heavy atom. The van der Waals surface area contributed by atoms with Crippen LogP contribution in [0, 0.1) is 13.8 Å². The van der Waals surface area contributed by atoms with Crippen LogP contribution in [0.1, 0.15) is 32.6 Å². The minimum Gasteiger partial charge on any atom is -0.496 e. The van der Waals surface area contributed by atoms with Gasteiger partial charge in [0, 0.05) is 18.1 Å². The molecule has 0 fully saturated rings. The summed E-state index contributed by atoms with van der Waals surface area (Å²) in [7, 11) is 1.65. The molecule has 0 amide bonds. The van der Waals surface area contributed by atoms with Gasteiger partial charge in [-0.25, -0.2) is 4.79 Å². The minimum absolute atomic E-state index is 0.00838. The van der Waals surface area contributed by atoms with Crippen LogP contribution in [-0.4, -0.2) is 24.0 Å². The van der Waals surface area contributed by atoms with Crippen LogP contribution in [0.5, 0.6) is 5.75 Å². The Kier molecular flexibility index (Phi) is 5.59. The molecule has 0 radical (unpaired) electrons. The lowest BCUT2D eigenvalue weighted by Crippen LogP contribution is -2.05. The highest BCUT2D eigenvalue weighted by molar-refractivity contribution is 6.03. The molecule has 0 aliphatic heterocycles. The maximum absolute atomic E-state index is 12.9. The Bertz CT molecular complexity index is 1090. The van der Waals surface area contributed by atoms with Crippen molar-refractivity contribution in [3.05, 3.63) is 82.4 Å². The fourth-order valence-electron chi connectivity index (χ4n) is 3.39. The maximum Gasteiger partial charge on any atom is 0.328 e. The van der Waals surface area contributed by atoms with Crippen molar-refractivity contribution in [3.63, 3.8) is 0 Å². The molecule has 1 N–H and O–H groups in total. The fourth-order valence-corrected chi connectivity index (χ4v) is 3.39. The second-order valence-corrected chi connectivity index (χ2v) is 6.75. The molecule has 0 spiro atoms. The molecule has 28 heavy (non-hydrogen) atoms. The zero-order chi connectivity index (χ0) is 20.3. The summed E-state index contributed by atoms with van der Waals surface area (Å²) in [6, 6.07) is 15.0. The standard InChI is InChI=1S/C24H22O4/c1-15-12-23(28-3)16(2)20-10-8-19(13-21(15)20)22(25)14-18-7-5-4-6-17(18)9-11-24(26)27/h4-13H,14H2,1-3H3,(H,26,27)/b11-9+. The molecule has 0 bridgehead atoms. The normalized spacial score (nSPS) is 11.1. The van der Waals surface area contributed by atoms with E-state index in [9.17, 15) is 9.59 Å². The third-order valence-electron chi connectivity index (χ3n) is 4.92. The van der Waals surface area contributed by atoms with Gasteiger partial charge in [0.05, 0.1) is 7.11 Å². The molecule has 0 heterocycles. The third kappa shape index (κ3) is 3.96. The number of methoxy groups -OCH3 is 1. The number of aryl methyl sites for hydroxylation is 2. The van der Waals surface area contributed by atoms with E-state index in [1.54, 1.807) is 7.11 Å². The first-order valence-electron chi connectivity index (χ1n) is 9.00. The Labute approximate surface area is 164 Å². The number of hydrogen-bond acceptors (Lipinski definition) is 3. The van der Waals surface area contributed by atoms with Crippen LogP contribution in [0.25, 0.3) is 16.8 Å². The van der Waals surface area contributed by atoms with Gasteiger partial charge in [-0.05, 0) is 65.1 Å². The highest BCUT2D eigenvalue weighted by Gasteiger charge is 2.13. The van der Waals surface area contributed by atoms with Crippen molar-refractivity contribution in [2.24, 2.45) is 0 Å². The van der Waals surface area contributed by atoms with Gasteiger partial charge in [-0.2, -0.15) is 0 Å². The highest BCUT2D eigenvalue weighted by atomic mass is 16.5. The van der Waals surface area contributed by atoms with Gasteiger partial charge in [-0.3, -0.25) is 4.79 Å². The van der Waals surface area contributed by atoms with E-state index >= 15 is 0 Å². The molecule has 0 aliphatic rings. The molecule has 3 aromatic rings. The summed E-state index contributed by atoms with van der Waals surface area (Å²) >= 11 is 0. The number of hydrogen-bond donors (Lipinski definition) is 1. The molecule has 0 atom stereocenters. The predicted octanol–water partition coefficient (Wildman–Crippen LogP) is 4.99. The van der Waals surface area contributed by atoms with E-state index in [1.165, 1.54) is 6.08 Å². The molecule has 4 nitrogen and oxygen atoms in total. The molecule has 0 saturated heterocycles. The van der Waals surface area contributed by atoms with Crippen molar-refractivity contribution >= 4 is 28.6 Å². The monoisotopic (exact) mass is 374 g/mol. The first-order valence-corrected chi connectivity index (χ1v) is 9.00. The van der Waals surface area contributed by atoms with Crippen LogP contribution in [0.15, 0.2) is 54.6 Å². The van der Waals surface area contributed by atoms with Gasteiger partial charge in [0.1, 0.15) is 5.75 Å². The first kappa shape index (κ1) is 19.4. The lowest BCUT2D eigenvalue weighted by atomic mass is 9.94. The van der Waals surface area contributed by atoms with Gasteiger partial charge in [-0.15, -0.1) is 0 Å². The molecule has 0 saturated carbocycles. The molecule has 0 unspecified atom stereocenters. The summed E-state index contributed by atoms with van der Waals surface area (Å²) in [5.74, 6) is -0.189. The largest absolute Gasteiger partial charge is 0.496 e. The Morgan fingerprint density at radius 2 is 1.79 bits per heavy atom. The first-order chi connectivity index (χ1) is 13.4. The molecule has 4 heteroatoms. The molecule has 0 aromatic heterocycles. The van der Waals surface area contributed by atoms with E-state index in [0.29, 0.717) is 5.56 Å². The van der Waals surface area contributed by atoms with Gasteiger partial charge < -0.3 is 9.84 Å². The van der Waals surface area contributed by atoms with E-state index in [4.69, 9.17) is 9.84 Å². The van der Waals surface area contributed by atoms with Crippen LogP contribution in [-0.2, 0) is 11.2 Å². The van der Waals surface area contributed by atoms with Crippen LogP contribution in [0.2, 0.25) is 0 Å². The van der Waals surface area contributed by atoms with Crippen molar-refractivity contribution in [1.82, 2.24) is 0 Å².